The van der Waals surface area contributed by atoms with Gasteiger partial charge in [-0.1, -0.05) is 0 Å². The monoisotopic (exact) mass is 398 g/mol. The highest BCUT2D eigenvalue weighted by atomic mass is 35.5. The Kier molecular flexibility index (Phi) is 5.55. The third kappa shape index (κ3) is 3.87. The van der Waals surface area contributed by atoms with E-state index in [9.17, 15) is 13.2 Å². The van der Waals surface area contributed by atoms with Crippen LogP contribution in [0, 0.1) is 0 Å². The van der Waals surface area contributed by atoms with Gasteiger partial charge in [0, 0.05) is 26.2 Å². The zero-order valence-corrected chi connectivity index (χ0v) is 15.8. The van der Waals surface area contributed by atoms with Crippen molar-refractivity contribution in [3.05, 3.63) is 47.4 Å². The lowest BCUT2D eigenvalue weighted by atomic mass is 10.3. The molecule has 1 aliphatic rings. The summed E-state index contributed by atoms with van der Waals surface area (Å²) in [6, 6.07) is 9.34. The molecule has 1 amide bonds. The summed E-state index contributed by atoms with van der Waals surface area (Å²) >= 11 is 5.69. The minimum Gasteiger partial charge on any atom is -0.494 e. The van der Waals surface area contributed by atoms with Crippen LogP contribution in [0.1, 0.15) is 17.5 Å². The molecule has 1 saturated heterocycles. The average molecular weight is 399 g/mol. The molecule has 0 bridgehead atoms. The van der Waals surface area contributed by atoms with Gasteiger partial charge in [-0.25, -0.2) is 8.42 Å². The van der Waals surface area contributed by atoms with Crippen LogP contribution in [0.5, 0.6) is 5.75 Å². The molecule has 0 saturated carbocycles. The van der Waals surface area contributed by atoms with Crippen LogP contribution in [0.3, 0.4) is 0 Å². The van der Waals surface area contributed by atoms with E-state index in [0.29, 0.717) is 12.4 Å². The fraction of sp³-hybridized carbons (Fsp3) is 0.353. The minimum atomic E-state index is -3.61. The highest BCUT2D eigenvalue weighted by Crippen LogP contribution is 2.22. The smallest absolute Gasteiger partial charge is 0.289 e. The van der Waals surface area contributed by atoms with Crippen molar-refractivity contribution >= 4 is 27.5 Å². The number of carbonyl (C=O) groups excluding carboxylic acids is 1. The Bertz CT molecular complexity index is 871. The van der Waals surface area contributed by atoms with E-state index < -0.39 is 10.0 Å². The first-order valence-corrected chi connectivity index (χ1v) is 10.0. The third-order valence-corrected chi connectivity index (χ3v) is 6.20. The van der Waals surface area contributed by atoms with E-state index >= 15 is 0 Å². The van der Waals surface area contributed by atoms with Crippen LogP contribution in [0.4, 0.5) is 0 Å². The van der Waals surface area contributed by atoms with Crippen molar-refractivity contribution in [2.24, 2.45) is 0 Å². The standard InChI is InChI=1S/C17H19ClN2O5S/c1-2-24-13-3-5-14(6-4-13)26(22,23)20-11-9-19(10-12-20)17(21)15-7-8-16(18)25-15/h3-8H,2,9-12H2,1H3. The summed E-state index contributed by atoms with van der Waals surface area (Å²) in [7, 11) is -3.61. The predicted octanol–water partition coefficient (Wildman–Crippen LogP) is 2.48. The van der Waals surface area contributed by atoms with Gasteiger partial charge in [-0.3, -0.25) is 4.79 Å². The minimum absolute atomic E-state index is 0.144. The molecular weight excluding hydrogens is 380 g/mol. The molecule has 0 atom stereocenters. The predicted molar refractivity (Wildman–Crippen MR) is 96.0 cm³/mol. The Morgan fingerprint density at radius 1 is 1.12 bits per heavy atom. The first-order chi connectivity index (χ1) is 12.4. The molecule has 0 spiro atoms. The Labute approximate surface area is 157 Å². The summed E-state index contributed by atoms with van der Waals surface area (Å²) in [6.45, 7) is 3.39. The van der Waals surface area contributed by atoms with E-state index in [1.165, 1.54) is 28.6 Å². The van der Waals surface area contributed by atoms with Crippen molar-refractivity contribution in [2.45, 2.75) is 11.8 Å². The molecule has 9 heteroatoms. The van der Waals surface area contributed by atoms with Crippen molar-refractivity contribution in [1.29, 1.82) is 0 Å². The Balaban J connectivity index is 1.65. The van der Waals surface area contributed by atoms with Crippen LogP contribution in [0.15, 0.2) is 45.7 Å². The molecule has 0 aliphatic carbocycles. The molecule has 26 heavy (non-hydrogen) atoms. The topological polar surface area (TPSA) is 80.1 Å². The van der Waals surface area contributed by atoms with Crippen LogP contribution in [0.2, 0.25) is 5.22 Å². The van der Waals surface area contributed by atoms with Gasteiger partial charge < -0.3 is 14.1 Å². The molecule has 140 valence electrons. The highest BCUT2D eigenvalue weighted by Gasteiger charge is 2.31. The number of rotatable bonds is 5. The number of furan rings is 1. The zero-order chi connectivity index (χ0) is 18.7. The summed E-state index contributed by atoms with van der Waals surface area (Å²) in [6.07, 6.45) is 0. The SMILES string of the molecule is CCOc1ccc(S(=O)(=O)N2CCN(C(=O)c3ccc(Cl)o3)CC2)cc1. The average Bonchev–Trinajstić information content (AvgIpc) is 3.08. The number of amides is 1. The molecule has 1 aromatic carbocycles. The number of halogens is 1. The number of benzene rings is 1. The zero-order valence-electron chi connectivity index (χ0n) is 14.2. The van der Waals surface area contributed by atoms with Crippen LogP contribution >= 0.6 is 11.6 Å². The van der Waals surface area contributed by atoms with Crippen molar-refractivity contribution < 1.29 is 22.4 Å². The second-order valence-electron chi connectivity index (χ2n) is 5.70. The van der Waals surface area contributed by atoms with Crippen LogP contribution in [-0.4, -0.2) is 56.3 Å². The Hall–Kier alpha value is -2.03. The highest BCUT2D eigenvalue weighted by molar-refractivity contribution is 7.89. The fourth-order valence-corrected chi connectivity index (χ4v) is 4.31. The number of hydrogen-bond acceptors (Lipinski definition) is 5. The van der Waals surface area contributed by atoms with E-state index in [-0.39, 0.29) is 48.0 Å². The van der Waals surface area contributed by atoms with Gasteiger partial charge in [0.05, 0.1) is 11.5 Å². The summed E-state index contributed by atoms with van der Waals surface area (Å²) in [5, 5.41) is 0.144. The van der Waals surface area contributed by atoms with Crippen LogP contribution < -0.4 is 4.74 Å². The van der Waals surface area contributed by atoms with Gasteiger partial charge in [-0.2, -0.15) is 4.31 Å². The number of sulfonamides is 1. The van der Waals surface area contributed by atoms with E-state index in [4.69, 9.17) is 20.8 Å². The van der Waals surface area contributed by atoms with E-state index in [0.717, 1.165) is 0 Å². The van der Waals surface area contributed by atoms with Crippen molar-refractivity contribution in [3.63, 3.8) is 0 Å². The molecule has 7 nitrogen and oxygen atoms in total. The van der Waals surface area contributed by atoms with E-state index in [1.54, 1.807) is 17.0 Å². The summed E-state index contributed by atoms with van der Waals surface area (Å²) < 4.78 is 37.3. The van der Waals surface area contributed by atoms with Gasteiger partial charge in [0.15, 0.2) is 11.0 Å². The molecule has 0 N–H and O–H groups in total. The lowest BCUT2D eigenvalue weighted by Gasteiger charge is -2.33. The number of nitrogens with zero attached hydrogens (tertiary/aromatic N) is 2. The molecule has 1 aliphatic heterocycles. The molecule has 0 unspecified atom stereocenters. The lowest BCUT2D eigenvalue weighted by molar-refractivity contribution is 0.0666. The quantitative estimate of drug-likeness (QED) is 0.773. The first-order valence-electron chi connectivity index (χ1n) is 8.19. The lowest BCUT2D eigenvalue weighted by Crippen LogP contribution is -2.50. The van der Waals surface area contributed by atoms with Gasteiger partial charge in [-0.15, -0.1) is 0 Å². The fourth-order valence-electron chi connectivity index (χ4n) is 2.74. The number of carbonyl (C=O) groups is 1. The third-order valence-electron chi connectivity index (χ3n) is 4.08. The molecule has 1 fully saturated rings. The van der Waals surface area contributed by atoms with Gasteiger partial charge in [0.25, 0.3) is 5.91 Å². The van der Waals surface area contributed by atoms with Gasteiger partial charge in [0.2, 0.25) is 10.0 Å². The molecule has 2 heterocycles. The number of ether oxygens (including phenoxy) is 1. The second kappa shape index (κ2) is 7.69. The summed E-state index contributed by atoms with van der Waals surface area (Å²) in [5.74, 6) is 0.479. The number of piperazine rings is 1. The van der Waals surface area contributed by atoms with Crippen LogP contribution in [0.25, 0.3) is 0 Å². The Morgan fingerprint density at radius 3 is 2.31 bits per heavy atom. The first kappa shape index (κ1) is 18.8. The maximum absolute atomic E-state index is 12.8. The van der Waals surface area contributed by atoms with Crippen molar-refractivity contribution in [2.75, 3.05) is 32.8 Å². The second-order valence-corrected chi connectivity index (χ2v) is 8.01. The van der Waals surface area contributed by atoms with Gasteiger partial charge in [-0.05, 0) is 54.9 Å². The van der Waals surface area contributed by atoms with E-state index in [2.05, 4.69) is 0 Å². The van der Waals surface area contributed by atoms with Crippen molar-refractivity contribution in [3.8, 4) is 5.75 Å². The molecule has 0 radical (unpaired) electrons. The maximum atomic E-state index is 12.8. The maximum Gasteiger partial charge on any atom is 0.289 e. The summed E-state index contributed by atoms with van der Waals surface area (Å²) in [4.78, 5) is 14.1. The van der Waals surface area contributed by atoms with Gasteiger partial charge in [0.1, 0.15) is 5.75 Å². The molecule has 2 aromatic rings. The largest absolute Gasteiger partial charge is 0.494 e. The molecule has 1 aromatic heterocycles. The van der Waals surface area contributed by atoms with Gasteiger partial charge >= 0.3 is 0 Å². The normalized spacial score (nSPS) is 15.8. The Morgan fingerprint density at radius 2 is 1.77 bits per heavy atom. The van der Waals surface area contributed by atoms with Crippen molar-refractivity contribution in [1.82, 2.24) is 9.21 Å². The van der Waals surface area contributed by atoms with Crippen LogP contribution in [-0.2, 0) is 10.0 Å². The summed E-state index contributed by atoms with van der Waals surface area (Å²) in [5.41, 5.74) is 0. The van der Waals surface area contributed by atoms with E-state index in [1.807, 2.05) is 6.92 Å². The number of hydrogen-bond donors (Lipinski definition) is 0. The molecular formula is C17H19ClN2O5S. The molecule has 3 rings (SSSR count).